The number of aryl methyl sites for hydroxylation is 1. The van der Waals surface area contributed by atoms with Crippen molar-refractivity contribution in [2.24, 2.45) is 13.0 Å². The summed E-state index contributed by atoms with van der Waals surface area (Å²) in [5.41, 5.74) is 2.68. The number of aromatic nitrogens is 2. The largest absolute Gasteiger partial charge is 0.342 e. The number of nitrogens with one attached hydrogen (secondary N) is 1. The molecule has 9 heteroatoms. The third-order valence-corrected chi connectivity index (χ3v) is 8.16. The molecule has 1 aromatic heterocycles. The molecule has 1 N–H and O–H groups in total. The molecule has 1 aliphatic rings. The lowest BCUT2D eigenvalue weighted by Gasteiger charge is -2.28. The van der Waals surface area contributed by atoms with Crippen molar-refractivity contribution in [2.75, 3.05) is 16.6 Å². The van der Waals surface area contributed by atoms with Gasteiger partial charge in [-0.05, 0) is 55.5 Å². The lowest BCUT2D eigenvalue weighted by Crippen LogP contribution is -2.38. The predicted molar refractivity (Wildman–Crippen MR) is 132 cm³/mol. The van der Waals surface area contributed by atoms with E-state index < -0.39 is 10.0 Å². The highest BCUT2D eigenvalue weighted by molar-refractivity contribution is 7.92. The van der Waals surface area contributed by atoms with Crippen LogP contribution in [0.15, 0.2) is 42.5 Å². The van der Waals surface area contributed by atoms with Crippen molar-refractivity contribution in [3.63, 3.8) is 0 Å². The van der Waals surface area contributed by atoms with E-state index in [1.165, 1.54) is 4.31 Å². The van der Waals surface area contributed by atoms with Gasteiger partial charge in [0.05, 0.1) is 39.1 Å². The Morgan fingerprint density at radius 1 is 1.18 bits per heavy atom. The molecule has 2 aromatic carbocycles. The minimum Gasteiger partial charge on any atom is -0.342 e. The van der Waals surface area contributed by atoms with E-state index in [-0.39, 0.29) is 22.7 Å². The second kappa shape index (κ2) is 9.35. The second-order valence-corrected chi connectivity index (χ2v) is 11.4. The summed E-state index contributed by atoms with van der Waals surface area (Å²) in [4.78, 5) is 18.0. The molecule has 0 spiro atoms. The quantitative estimate of drug-likeness (QED) is 0.546. The van der Waals surface area contributed by atoms with Crippen LogP contribution in [0.25, 0.3) is 11.0 Å². The van der Waals surface area contributed by atoms with Gasteiger partial charge in [-0.15, -0.1) is 0 Å². The number of nitrogens with zero attached hydrogens (tertiary/aromatic N) is 3. The Kier molecular flexibility index (Phi) is 6.68. The Balaban J connectivity index is 1.61. The molecule has 3 aromatic rings. The summed E-state index contributed by atoms with van der Waals surface area (Å²) >= 11 is 6.46. The van der Waals surface area contributed by atoms with Crippen molar-refractivity contribution in [3.05, 3.63) is 58.9 Å². The first kappa shape index (κ1) is 23.6. The first-order chi connectivity index (χ1) is 15.7. The Hall–Kier alpha value is -2.58. The minimum absolute atomic E-state index is 0.127. The van der Waals surface area contributed by atoms with Gasteiger partial charge in [-0.1, -0.05) is 37.6 Å². The molecule has 1 saturated heterocycles. The number of para-hydroxylation sites is 2. The van der Waals surface area contributed by atoms with Gasteiger partial charge in [0.15, 0.2) is 0 Å². The van der Waals surface area contributed by atoms with Gasteiger partial charge < -0.3 is 9.88 Å². The summed E-state index contributed by atoms with van der Waals surface area (Å²) in [7, 11) is -1.40. The van der Waals surface area contributed by atoms with Gasteiger partial charge in [-0.2, -0.15) is 0 Å². The number of benzene rings is 2. The van der Waals surface area contributed by atoms with Crippen molar-refractivity contribution in [1.29, 1.82) is 0 Å². The summed E-state index contributed by atoms with van der Waals surface area (Å²) in [6.45, 7) is 4.62. The van der Waals surface area contributed by atoms with Crippen molar-refractivity contribution >= 4 is 44.3 Å². The molecule has 1 fully saturated rings. The van der Waals surface area contributed by atoms with Gasteiger partial charge in [0.25, 0.3) is 5.91 Å². The van der Waals surface area contributed by atoms with Gasteiger partial charge >= 0.3 is 0 Å². The number of hydrogen-bond donors (Lipinski definition) is 1. The van der Waals surface area contributed by atoms with Gasteiger partial charge in [-0.25, -0.2) is 13.4 Å². The number of fused-ring (bicyclic) bond motifs is 1. The van der Waals surface area contributed by atoms with E-state index in [2.05, 4.69) is 19.2 Å². The highest BCUT2D eigenvalue weighted by Crippen LogP contribution is 2.30. The van der Waals surface area contributed by atoms with Crippen molar-refractivity contribution < 1.29 is 13.2 Å². The Labute approximate surface area is 199 Å². The lowest BCUT2D eigenvalue weighted by atomic mass is 10.0. The highest BCUT2D eigenvalue weighted by Gasteiger charge is 2.28. The number of imidazole rings is 1. The summed E-state index contributed by atoms with van der Waals surface area (Å²) < 4.78 is 28.2. The molecule has 1 aliphatic heterocycles. The van der Waals surface area contributed by atoms with Crippen molar-refractivity contribution in [2.45, 2.75) is 39.2 Å². The SMILES string of the molecule is CC(C)C[C@@H](NC(=O)c1ccc(N2CCCCS2(=O)=O)cc1Cl)c1nc2ccccc2n1C. The van der Waals surface area contributed by atoms with Gasteiger partial charge in [0.2, 0.25) is 10.0 Å². The molecular formula is C24H29ClN4O3S. The number of hydrogen-bond acceptors (Lipinski definition) is 4. The summed E-state index contributed by atoms with van der Waals surface area (Å²) in [6.07, 6.45) is 2.17. The van der Waals surface area contributed by atoms with Crippen LogP contribution in [0.1, 0.15) is 55.3 Å². The molecular weight excluding hydrogens is 460 g/mol. The van der Waals surface area contributed by atoms with Crippen LogP contribution in [-0.4, -0.2) is 36.2 Å². The molecule has 0 radical (unpaired) electrons. The maximum absolute atomic E-state index is 13.2. The number of anilines is 1. The van der Waals surface area contributed by atoms with Gasteiger partial charge in [0, 0.05) is 13.6 Å². The second-order valence-electron chi connectivity index (χ2n) is 8.93. The molecule has 2 heterocycles. The molecule has 0 saturated carbocycles. The summed E-state index contributed by atoms with van der Waals surface area (Å²) in [6, 6.07) is 12.4. The average molecular weight is 489 g/mol. The van der Waals surface area contributed by atoms with Crippen LogP contribution in [0.3, 0.4) is 0 Å². The minimum atomic E-state index is -3.35. The number of halogens is 1. The standard InChI is InChI=1S/C24H29ClN4O3S/c1-16(2)14-21(23-26-20-8-4-5-9-22(20)28(23)3)27-24(30)18-11-10-17(15-19(18)25)29-12-6-7-13-33(29,31)32/h4-5,8-11,15-16,21H,6-7,12-14H2,1-3H3,(H,27,30)/t21-/m1/s1. The number of carbonyl (C=O) groups excluding carboxylic acids is 1. The molecule has 33 heavy (non-hydrogen) atoms. The Morgan fingerprint density at radius 2 is 1.94 bits per heavy atom. The molecule has 4 rings (SSSR count). The molecule has 0 bridgehead atoms. The van der Waals surface area contributed by atoms with Crippen LogP contribution in [0.2, 0.25) is 5.02 Å². The number of rotatable bonds is 6. The average Bonchev–Trinajstić information content (AvgIpc) is 3.09. The molecule has 7 nitrogen and oxygen atoms in total. The van der Waals surface area contributed by atoms with E-state index in [0.717, 1.165) is 23.3 Å². The maximum Gasteiger partial charge on any atom is 0.253 e. The van der Waals surface area contributed by atoms with Crippen LogP contribution in [0, 0.1) is 5.92 Å². The van der Waals surface area contributed by atoms with E-state index in [1.807, 2.05) is 35.9 Å². The normalized spacial score (nSPS) is 16.8. The summed E-state index contributed by atoms with van der Waals surface area (Å²) in [5.74, 6) is 0.926. The fraction of sp³-hybridized carbons (Fsp3) is 0.417. The number of amides is 1. The zero-order valence-electron chi connectivity index (χ0n) is 19.1. The van der Waals surface area contributed by atoms with Crippen LogP contribution < -0.4 is 9.62 Å². The molecule has 1 amide bonds. The first-order valence-electron chi connectivity index (χ1n) is 11.2. The van der Waals surface area contributed by atoms with Crippen LogP contribution >= 0.6 is 11.6 Å². The third kappa shape index (κ3) is 4.87. The van der Waals surface area contributed by atoms with E-state index in [9.17, 15) is 13.2 Å². The van der Waals surface area contributed by atoms with E-state index in [4.69, 9.17) is 16.6 Å². The van der Waals surface area contributed by atoms with E-state index in [0.29, 0.717) is 36.6 Å². The smallest absolute Gasteiger partial charge is 0.253 e. The third-order valence-electron chi connectivity index (χ3n) is 5.98. The molecule has 0 aliphatic carbocycles. The number of carbonyl (C=O) groups is 1. The fourth-order valence-electron chi connectivity index (χ4n) is 4.33. The molecule has 176 valence electrons. The van der Waals surface area contributed by atoms with E-state index in [1.54, 1.807) is 18.2 Å². The van der Waals surface area contributed by atoms with Crippen LogP contribution in [0.5, 0.6) is 0 Å². The van der Waals surface area contributed by atoms with Crippen molar-refractivity contribution in [1.82, 2.24) is 14.9 Å². The zero-order chi connectivity index (χ0) is 23.8. The topological polar surface area (TPSA) is 84.3 Å². The predicted octanol–water partition coefficient (Wildman–Crippen LogP) is 4.67. The maximum atomic E-state index is 13.2. The van der Waals surface area contributed by atoms with E-state index >= 15 is 0 Å². The molecule has 1 atom stereocenters. The first-order valence-corrected chi connectivity index (χ1v) is 13.2. The lowest BCUT2D eigenvalue weighted by molar-refractivity contribution is 0.0929. The highest BCUT2D eigenvalue weighted by atomic mass is 35.5. The van der Waals surface area contributed by atoms with Crippen molar-refractivity contribution in [3.8, 4) is 0 Å². The molecule has 0 unspecified atom stereocenters. The monoisotopic (exact) mass is 488 g/mol. The van der Waals surface area contributed by atoms with Gasteiger partial charge in [-0.3, -0.25) is 9.10 Å². The fourth-order valence-corrected chi connectivity index (χ4v) is 6.23. The summed E-state index contributed by atoms with van der Waals surface area (Å²) in [5, 5.41) is 3.32. The number of sulfonamides is 1. The van der Waals surface area contributed by atoms with Gasteiger partial charge in [0.1, 0.15) is 5.82 Å². The van der Waals surface area contributed by atoms with Crippen LogP contribution in [-0.2, 0) is 17.1 Å². The zero-order valence-corrected chi connectivity index (χ0v) is 20.7. The van der Waals surface area contributed by atoms with Crippen LogP contribution in [0.4, 0.5) is 5.69 Å². The Bertz CT molecular complexity index is 1290. The Morgan fingerprint density at radius 3 is 2.61 bits per heavy atom.